The molecule has 126 valence electrons. The van der Waals surface area contributed by atoms with Crippen molar-refractivity contribution in [3.05, 3.63) is 17.5 Å². The number of hydrogen-bond donors (Lipinski definition) is 0. The normalized spacial score (nSPS) is 25.5. The van der Waals surface area contributed by atoms with E-state index >= 15 is 0 Å². The second-order valence-corrected chi connectivity index (χ2v) is 7.39. The fourth-order valence-corrected chi connectivity index (χ4v) is 3.71. The van der Waals surface area contributed by atoms with E-state index in [-0.39, 0.29) is 5.91 Å². The van der Waals surface area contributed by atoms with Gasteiger partial charge in [0.1, 0.15) is 5.69 Å². The van der Waals surface area contributed by atoms with Gasteiger partial charge in [0.2, 0.25) is 5.95 Å². The molecule has 0 N–H and O–H groups in total. The predicted octanol–water partition coefficient (Wildman–Crippen LogP) is 2.89. The summed E-state index contributed by atoms with van der Waals surface area (Å²) in [5.74, 6) is 2.03. The number of amides is 1. The van der Waals surface area contributed by atoms with Crippen molar-refractivity contribution in [3.63, 3.8) is 0 Å². The van der Waals surface area contributed by atoms with Crippen molar-refractivity contribution in [1.29, 1.82) is 0 Å². The zero-order chi connectivity index (χ0) is 16.4. The van der Waals surface area contributed by atoms with Gasteiger partial charge in [0, 0.05) is 31.9 Å². The van der Waals surface area contributed by atoms with Crippen LogP contribution in [0.25, 0.3) is 0 Å². The van der Waals surface area contributed by atoms with Crippen molar-refractivity contribution >= 4 is 11.9 Å². The Kier molecular flexibility index (Phi) is 4.83. The van der Waals surface area contributed by atoms with E-state index in [1.165, 1.54) is 19.3 Å². The van der Waals surface area contributed by atoms with E-state index in [1.807, 2.05) is 17.9 Å². The Balaban J connectivity index is 1.80. The number of likely N-dealkylation sites (tertiary alicyclic amines) is 1. The topological polar surface area (TPSA) is 49.3 Å². The zero-order valence-corrected chi connectivity index (χ0v) is 14.6. The van der Waals surface area contributed by atoms with Gasteiger partial charge in [0.15, 0.2) is 0 Å². The molecule has 3 heterocycles. The highest BCUT2D eigenvalue weighted by atomic mass is 16.2. The summed E-state index contributed by atoms with van der Waals surface area (Å²) in [5.41, 5.74) is 1.43. The minimum Gasteiger partial charge on any atom is -0.341 e. The summed E-state index contributed by atoms with van der Waals surface area (Å²) in [6.45, 7) is 10.1. The van der Waals surface area contributed by atoms with Gasteiger partial charge in [-0.2, -0.15) is 0 Å². The van der Waals surface area contributed by atoms with Crippen LogP contribution in [-0.2, 0) is 0 Å². The first-order valence-corrected chi connectivity index (χ1v) is 8.93. The standard InChI is InChI=1S/C18H28N4O/c1-13-6-4-8-21(11-13)17(23)16-10-15(3)19-18(20-16)22-9-5-7-14(2)12-22/h10,13-14H,4-9,11-12H2,1-3H3. The summed E-state index contributed by atoms with van der Waals surface area (Å²) in [4.78, 5) is 26.2. The molecule has 5 heteroatoms. The van der Waals surface area contributed by atoms with Crippen molar-refractivity contribution in [2.24, 2.45) is 11.8 Å². The van der Waals surface area contributed by atoms with Gasteiger partial charge in [-0.1, -0.05) is 13.8 Å². The van der Waals surface area contributed by atoms with Crippen LogP contribution in [0.4, 0.5) is 5.95 Å². The summed E-state index contributed by atoms with van der Waals surface area (Å²) in [6, 6.07) is 1.83. The number of rotatable bonds is 2. The first kappa shape index (κ1) is 16.2. The lowest BCUT2D eigenvalue weighted by atomic mass is 10.00. The van der Waals surface area contributed by atoms with Crippen LogP contribution in [0.2, 0.25) is 0 Å². The number of nitrogens with zero attached hydrogens (tertiary/aromatic N) is 4. The van der Waals surface area contributed by atoms with E-state index in [0.717, 1.165) is 44.2 Å². The molecule has 1 aromatic rings. The predicted molar refractivity (Wildman–Crippen MR) is 91.7 cm³/mol. The Bertz CT molecular complexity index is 574. The van der Waals surface area contributed by atoms with Crippen LogP contribution in [0, 0.1) is 18.8 Å². The summed E-state index contributed by atoms with van der Waals surface area (Å²) in [5, 5.41) is 0. The molecular formula is C18H28N4O. The van der Waals surface area contributed by atoms with Crippen molar-refractivity contribution in [2.45, 2.75) is 46.5 Å². The van der Waals surface area contributed by atoms with Crippen LogP contribution < -0.4 is 4.90 Å². The number of piperidine rings is 2. The number of carbonyl (C=O) groups excluding carboxylic acids is 1. The van der Waals surface area contributed by atoms with Crippen molar-refractivity contribution in [1.82, 2.24) is 14.9 Å². The molecule has 1 amide bonds. The molecule has 2 unspecified atom stereocenters. The first-order valence-electron chi connectivity index (χ1n) is 8.93. The quantitative estimate of drug-likeness (QED) is 0.842. The Morgan fingerprint density at radius 3 is 2.48 bits per heavy atom. The molecule has 0 aliphatic carbocycles. The second kappa shape index (κ2) is 6.85. The molecule has 0 spiro atoms. The van der Waals surface area contributed by atoms with Gasteiger partial charge >= 0.3 is 0 Å². The van der Waals surface area contributed by atoms with Crippen LogP contribution in [0.15, 0.2) is 6.07 Å². The fraction of sp³-hybridized carbons (Fsp3) is 0.722. The number of aromatic nitrogens is 2. The highest BCUT2D eigenvalue weighted by Crippen LogP contribution is 2.22. The van der Waals surface area contributed by atoms with E-state index in [1.54, 1.807) is 0 Å². The fourth-order valence-electron chi connectivity index (χ4n) is 3.71. The molecule has 2 atom stereocenters. The molecule has 2 aliphatic rings. The molecule has 0 radical (unpaired) electrons. The molecule has 2 fully saturated rings. The maximum absolute atomic E-state index is 12.8. The average molecular weight is 316 g/mol. The van der Waals surface area contributed by atoms with Crippen LogP contribution in [0.5, 0.6) is 0 Å². The molecule has 5 nitrogen and oxygen atoms in total. The second-order valence-electron chi connectivity index (χ2n) is 7.39. The lowest BCUT2D eigenvalue weighted by Gasteiger charge is -2.32. The number of anilines is 1. The van der Waals surface area contributed by atoms with Gasteiger partial charge in [-0.25, -0.2) is 9.97 Å². The van der Waals surface area contributed by atoms with Gasteiger partial charge in [-0.05, 0) is 50.5 Å². The largest absolute Gasteiger partial charge is 0.341 e. The van der Waals surface area contributed by atoms with E-state index < -0.39 is 0 Å². The monoisotopic (exact) mass is 316 g/mol. The van der Waals surface area contributed by atoms with E-state index in [9.17, 15) is 4.79 Å². The summed E-state index contributed by atoms with van der Waals surface area (Å²) >= 11 is 0. The Morgan fingerprint density at radius 1 is 1.09 bits per heavy atom. The third kappa shape index (κ3) is 3.82. The molecule has 23 heavy (non-hydrogen) atoms. The van der Waals surface area contributed by atoms with Crippen molar-refractivity contribution < 1.29 is 4.79 Å². The lowest BCUT2D eigenvalue weighted by molar-refractivity contribution is 0.0677. The van der Waals surface area contributed by atoms with Gasteiger partial charge in [-0.15, -0.1) is 0 Å². The van der Waals surface area contributed by atoms with Gasteiger partial charge in [0.05, 0.1) is 0 Å². The molecule has 1 aromatic heterocycles. The maximum Gasteiger partial charge on any atom is 0.272 e. The molecule has 0 aromatic carbocycles. The Hall–Kier alpha value is -1.65. The average Bonchev–Trinajstić information content (AvgIpc) is 2.53. The zero-order valence-electron chi connectivity index (χ0n) is 14.6. The minimum atomic E-state index is 0.0633. The van der Waals surface area contributed by atoms with Gasteiger partial charge in [-0.3, -0.25) is 4.79 Å². The van der Waals surface area contributed by atoms with E-state index in [0.29, 0.717) is 17.5 Å². The van der Waals surface area contributed by atoms with E-state index in [2.05, 4.69) is 28.7 Å². The lowest BCUT2D eigenvalue weighted by Crippen LogP contribution is -2.40. The molecular weight excluding hydrogens is 288 g/mol. The van der Waals surface area contributed by atoms with Crippen LogP contribution in [-0.4, -0.2) is 47.0 Å². The summed E-state index contributed by atoms with van der Waals surface area (Å²) in [7, 11) is 0. The van der Waals surface area contributed by atoms with Crippen LogP contribution in [0.3, 0.4) is 0 Å². The summed E-state index contributed by atoms with van der Waals surface area (Å²) in [6.07, 6.45) is 4.74. The third-order valence-corrected chi connectivity index (χ3v) is 4.95. The Morgan fingerprint density at radius 2 is 1.78 bits per heavy atom. The summed E-state index contributed by atoms with van der Waals surface area (Å²) < 4.78 is 0. The van der Waals surface area contributed by atoms with Crippen molar-refractivity contribution in [3.8, 4) is 0 Å². The highest BCUT2D eigenvalue weighted by molar-refractivity contribution is 5.92. The molecule has 0 saturated carbocycles. The molecule has 2 saturated heterocycles. The SMILES string of the molecule is Cc1cc(C(=O)N2CCCC(C)C2)nc(N2CCCC(C)C2)n1. The van der Waals surface area contributed by atoms with Crippen LogP contribution >= 0.6 is 0 Å². The maximum atomic E-state index is 12.8. The van der Waals surface area contributed by atoms with Crippen LogP contribution in [0.1, 0.15) is 55.7 Å². The third-order valence-electron chi connectivity index (χ3n) is 4.95. The highest BCUT2D eigenvalue weighted by Gasteiger charge is 2.25. The number of aryl methyl sites for hydroxylation is 1. The van der Waals surface area contributed by atoms with E-state index in [4.69, 9.17) is 0 Å². The van der Waals surface area contributed by atoms with Crippen molar-refractivity contribution in [2.75, 3.05) is 31.1 Å². The molecule has 3 rings (SSSR count). The van der Waals surface area contributed by atoms with Gasteiger partial charge in [0.25, 0.3) is 5.91 Å². The van der Waals surface area contributed by atoms with Gasteiger partial charge < -0.3 is 9.80 Å². The minimum absolute atomic E-state index is 0.0633. The smallest absolute Gasteiger partial charge is 0.272 e. The number of hydrogen-bond acceptors (Lipinski definition) is 4. The molecule has 2 aliphatic heterocycles. The Labute approximate surface area is 139 Å². The molecule has 0 bridgehead atoms. The number of carbonyl (C=O) groups is 1. The first-order chi connectivity index (χ1) is 11.0.